The molecule has 3 N–H and O–H groups in total. The number of unbranched alkanes of at least 4 members (excludes halogenated alkanes) is 31. The molecule has 0 spiro atoms. The first-order chi connectivity index (χ1) is 39.8. The smallest absolute Gasteiger partial charge is 0.462 e. The quantitative estimate of drug-likeness (QED) is 0.0264. The molecule has 0 heterocycles. The maximum atomic E-state index is 12.7. The first kappa shape index (κ1) is 77.7. The summed E-state index contributed by atoms with van der Waals surface area (Å²) in [5.74, 6) is -0.828. The van der Waals surface area contributed by atoms with E-state index in [0.717, 1.165) is 103 Å². The third-order valence-corrected chi connectivity index (χ3v) is 15.2. The Balaban J connectivity index is 3.95. The Morgan fingerprint density at radius 2 is 0.679 bits per heavy atom. The molecule has 2 atom stereocenters. The van der Waals surface area contributed by atoms with Gasteiger partial charge in [0.25, 0.3) is 0 Å². The zero-order valence-corrected chi connectivity index (χ0v) is 53.1. The number of hydrogen-bond acceptors (Lipinski definition) is 8. The van der Waals surface area contributed by atoms with Crippen LogP contribution in [0.1, 0.15) is 296 Å². The fraction of sp³-hybridized carbons (Fsp3) is 0.718. The van der Waals surface area contributed by atoms with Gasteiger partial charge in [0.1, 0.15) is 6.61 Å². The van der Waals surface area contributed by atoms with Crippen molar-refractivity contribution in [2.45, 2.75) is 302 Å². The molecule has 0 radical (unpaired) electrons. The van der Waals surface area contributed by atoms with Crippen molar-refractivity contribution in [3.8, 4) is 0 Å². The van der Waals surface area contributed by atoms with Gasteiger partial charge in [0.15, 0.2) is 6.10 Å². The highest BCUT2D eigenvalue weighted by Crippen LogP contribution is 2.43. The summed E-state index contributed by atoms with van der Waals surface area (Å²) in [5, 5.41) is 0. The molecule has 0 saturated heterocycles. The second-order valence-electron chi connectivity index (χ2n) is 22.0. The van der Waals surface area contributed by atoms with Crippen LogP contribution >= 0.6 is 7.82 Å². The standard InChI is InChI=1S/C71H124NO8P/c1-3-5-7-9-11-13-15-17-19-21-23-25-27-28-29-30-31-32-33-34-35-36-37-38-39-40-42-44-46-48-50-52-54-56-58-60-62-64-71(74)80-69(68-79-81(75,76)78-66-65-72)67-77-70(73)63-61-59-57-55-53-51-49-47-45-43-41-26-24-22-20-18-16-14-12-10-8-6-4-2/h5,7,11,13,17,19,23,25,28-29,31-32,34-35,37-38,40,42,69H,3-4,6,8-10,12,14-16,18,20-22,24,26-27,30,33,36,39,41,43-68,72H2,1-2H3,(H,75,76)/b7-5-,13-11-,19-17-,25-23-,29-28-,32-31-,35-34-,38-37-,42-40-. The Bertz CT molecular complexity index is 1690. The monoisotopic (exact) mass is 1150 g/mol. The second kappa shape index (κ2) is 65.8. The van der Waals surface area contributed by atoms with Gasteiger partial charge in [-0.3, -0.25) is 18.6 Å². The third-order valence-electron chi connectivity index (χ3n) is 14.2. The third kappa shape index (κ3) is 65.7. The molecule has 0 amide bonds. The topological polar surface area (TPSA) is 134 Å². The van der Waals surface area contributed by atoms with Crippen molar-refractivity contribution in [2.24, 2.45) is 5.73 Å². The molecule has 0 saturated carbocycles. The first-order valence-electron chi connectivity index (χ1n) is 33.4. The Morgan fingerprint density at radius 3 is 1.01 bits per heavy atom. The normalized spacial score (nSPS) is 13.7. The minimum absolute atomic E-state index is 0.0493. The highest BCUT2D eigenvalue weighted by atomic mass is 31.2. The van der Waals surface area contributed by atoms with Crippen molar-refractivity contribution in [1.82, 2.24) is 0 Å². The minimum Gasteiger partial charge on any atom is -0.462 e. The zero-order chi connectivity index (χ0) is 58.7. The van der Waals surface area contributed by atoms with E-state index in [1.807, 2.05) is 0 Å². The van der Waals surface area contributed by atoms with Gasteiger partial charge in [-0.1, -0.05) is 309 Å². The fourth-order valence-electron chi connectivity index (χ4n) is 9.28. The summed E-state index contributed by atoms with van der Waals surface area (Å²) in [5.41, 5.74) is 5.40. The van der Waals surface area contributed by atoms with Gasteiger partial charge in [-0.2, -0.15) is 0 Å². The van der Waals surface area contributed by atoms with Gasteiger partial charge in [0.05, 0.1) is 13.2 Å². The Labute approximate surface area is 499 Å². The van der Waals surface area contributed by atoms with Gasteiger partial charge in [0.2, 0.25) is 0 Å². The fourth-order valence-corrected chi connectivity index (χ4v) is 10.0. The van der Waals surface area contributed by atoms with Crippen molar-refractivity contribution < 1.29 is 37.6 Å². The maximum absolute atomic E-state index is 12.7. The molecule has 81 heavy (non-hydrogen) atoms. The first-order valence-corrected chi connectivity index (χ1v) is 34.9. The SMILES string of the molecule is CC/C=C\C/C=C\C/C=C\C/C=C\C/C=C\C/C=C\C/C=C\C/C=C\C/C=C\CCCCCCCCCCCC(=O)OC(COC(=O)CCCCCCCCCCCCCCCCCCCCCCCCC)COP(=O)(O)OCCN. The molecular weight excluding hydrogens is 1030 g/mol. The number of rotatable bonds is 62. The number of nitrogens with two attached hydrogens (primary N) is 1. The summed E-state index contributed by atoms with van der Waals surface area (Å²) in [6.07, 6.45) is 90.2. The molecule has 9 nitrogen and oxygen atoms in total. The average Bonchev–Trinajstić information content (AvgIpc) is 3.46. The van der Waals surface area contributed by atoms with E-state index in [9.17, 15) is 19.0 Å². The lowest BCUT2D eigenvalue weighted by atomic mass is 10.0. The van der Waals surface area contributed by atoms with Gasteiger partial charge in [-0.25, -0.2) is 4.57 Å². The Kier molecular flexibility index (Phi) is 63.1. The van der Waals surface area contributed by atoms with Crippen LogP contribution in [-0.2, 0) is 32.7 Å². The van der Waals surface area contributed by atoms with Crippen molar-refractivity contribution >= 4 is 19.8 Å². The lowest BCUT2D eigenvalue weighted by Gasteiger charge is -2.19. The van der Waals surface area contributed by atoms with E-state index in [0.29, 0.717) is 6.42 Å². The molecule has 0 aromatic carbocycles. The number of carbonyl (C=O) groups is 2. The lowest BCUT2D eigenvalue weighted by Crippen LogP contribution is -2.29. The van der Waals surface area contributed by atoms with Crippen LogP contribution in [0.5, 0.6) is 0 Å². The van der Waals surface area contributed by atoms with Gasteiger partial charge >= 0.3 is 19.8 Å². The van der Waals surface area contributed by atoms with Crippen molar-refractivity contribution in [3.63, 3.8) is 0 Å². The highest BCUT2D eigenvalue weighted by Gasteiger charge is 2.26. The molecule has 2 unspecified atom stereocenters. The number of carbonyl (C=O) groups excluding carboxylic acids is 2. The van der Waals surface area contributed by atoms with E-state index in [1.165, 1.54) is 161 Å². The Hall–Kier alpha value is -3.33. The van der Waals surface area contributed by atoms with Crippen LogP contribution in [0.2, 0.25) is 0 Å². The van der Waals surface area contributed by atoms with Crippen LogP contribution in [0.15, 0.2) is 109 Å². The second-order valence-corrected chi connectivity index (χ2v) is 23.4. The molecule has 0 aromatic heterocycles. The van der Waals surface area contributed by atoms with Crippen LogP contribution in [0.25, 0.3) is 0 Å². The number of hydrogen-bond donors (Lipinski definition) is 2. The molecule has 10 heteroatoms. The van der Waals surface area contributed by atoms with E-state index in [1.54, 1.807) is 0 Å². The molecule has 0 bridgehead atoms. The van der Waals surface area contributed by atoms with Crippen LogP contribution in [-0.4, -0.2) is 49.3 Å². The van der Waals surface area contributed by atoms with E-state index in [-0.39, 0.29) is 38.6 Å². The van der Waals surface area contributed by atoms with E-state index in [2.05, 4.69) is 123 Å². The van der Waals surface area contributed by atoms with Crippen molar-refractivity contribution in [3.05, 3.63) is 109 Å². The van der Waals surface area contributed by atoms with E-state index in [4.69, 9.17) is 24.3 Å². The Morgan fingerprint density at radius 1 is 0.383 bits per heavy atom. The molecule has 0 fully saturated rings. The van der Waals surface area contributed by atoms with Crippen molar-refractivity contribution in [2.75, 3.05) is 26.4 Å². The predicted octanol–water partition coefficient (Wildman–Crippen LogP) is 21.7. The minimum atomic E-state index is -4.40. The summed E-state index contributed by atoms with van der Waals surface area (Å²) >= 11 is 0. The summed E-state index contributed by atoms with van der Waals surface area (Å²) in [6.45, 7) is 3.66. The number of ether oxygens (including phenoxy) is 2. The summed E-state index contributed by atoms with van der Waals surface area (Å²) in [4.78, 5) is 35.3. The van der Waals surface area contributed by atoms with Crippen LogP contribution in [0, 0.1) is 0 Å². The lowest BCUT2D eigenvalue weighted by molar-refractivity contribution is -0.161. The molecule has 0 aliphatic heterocycles. The van der Waals surface area contributed by atoms with Gasteiger partial charge in [-0.15, -0.1) is 0 Å². The summed E-state index contributed by atoms with van der Waals surface area (Å²) < 4.78 is 33.1. The largest absolute Gasteiger partial charge is 0.472 e. The molecular formula is C71H124NO8P. The number of esters is 2. The molecule has 0 rings (SSSR count). The number of allylic oxidation sites excluding steroid dienone is 18. The number of phosphoric acid groups is 1. The summed E-state index contributed by atoms with van der Waals surface area (Å²) in [6, 6.07) is 0. The predicted molar refractivity (Wildman–Crippen MR) is 348 cm³/mol. The van der Waals surface area contributed by atoms with Gasteiger partial charge < -0.3 is 20.1 Å². The van der Waals surface area contributed by atoms with E-state index >= 15 is 0 Å². The maximum Gasteiger partial charge on any atom is 0.472 e. The van der Waals surface area contributed by atoms with Gasteiger partial charge in [-0.05, 0) is 83.5 Å². The van der Waals surface area contributed by atoms with Crippen LogP contribution < -0.4 is 5.73 Å². The average molecular weight is 1150 g/mol. The molecule has 0 aromatic rings. The molecule has 0 aliphatic rings. The summed E-state index contributed by atoms with van der Waals surface area (Å²) in [7, 11) is -4.40. The van der Waals surface area contributed by atoms with Gasteiger partial charge in [0, 0.05) is 19.4 Å². The number of phosphoric ester groups is 1. The highest BCUT2D eigenvalue weighted by molar-refractivity contribution is 7.47. The van der Waals surface area contributed by atoms with Crippen LogP contribution in [0.4, 0.5) is 0 Å². The van der Waals surface area contributed by atoms with Crippen molar-refractivity contribution in [1.29, 1.82) is 0 Å². The molecule has 466 valence electrons. The zero-order valence-electron chi connectivity index (χ0n) is 52.2. The van der Waals surface area contributed by atoms with E-state index < -0.39 is 26.5 Å². The molecule has 0 aliphatic carbocycles. The van der Waals surface area contributed by atoms with Crippen LogP contribution in [0.3, 0.4) is 0 Å².